The first kappa shape index (κ1) is 11.4. The first-order valence-electron chi connectivity index (χ1n) is 3.84. The molecule has 76 valence electrons. The van der Waals surface area contributed by atoms with Crippen molar-refractivity contribution in [2.45, 2.75) is 0 Å². The number of ether oxygens (including phenoxy) is 1. The standard InChI is InChI=1S/C9H10BrNO2S/c1-13-9-4-3-8(10)5-7(9)6-11-14(2)12/h3-6H,1-2H3/b11-6+. The van der Waals surface area contributed by atoms with Gasteiger partial charge in [-0.15, -0.1) is 0 Å². The van der Waals surface area contributed by atoms with Crippen LogP contribution in [-0.4, -0.2) is 23.8 Å². The molecule has 0 saturated heterocycles. The van der Waals surface area contributed by atoms with Gasteiger partial charge in [0.1, 0.15) is 16.7 Å². The van der Waals surface area contributed by atoms with Crippen molar-refractivity contribution in [1.29, 1.82) is 0 Å². The van der Waals surface area contributed by atoms with Gasteiger partial charge in [0, 0.05) is 22.5 Å². The van der Waals surface area contributed by atoms with Crippen molar-refractivity contribution in [3.05, 3.63) is 28.2 Å². The van der Waals surface area contributed by atoms with Gasteiger partial charge in [-0.3, -0.25) is 0 Å². The summed E-state index contributed by atoms with van der Waals surface area (Å²) in [6.45, 7) is 0. The molecule has 5 heteroatoms. The first-order valence-corrected chi connectivity index (χ1v) is 6.15. The highest BCUT2D eigenvalue weighted by molar-refractivity contribution is 9.10. The Balaban J connectivity index is 3.04. The van der Waals surface area contributed by atoms with Gasteiger partial charge in [0.25, 0.3) is 0 Å². The number of hydrogen-bond donors (Lipinski definition) is 0. The fraction of sp³-hybridized carbons (Fsp3) is 0.222. The Morgan fingerprint density at radius 2 is 2.29 bits per heavy atom. The lowest BCUT2D eigenvalue weighted by Crippen LogP contribution is -1.91. The maximum atomic E-state index is 10.8. The summed E-state index contributed by atoms with van der Waals surface area (Å²) in [6, 6.07) is 5.55. The Labute approximate surface area is 93.9 Å². The normalized spacial score (nSPS) is 13.1. The van der Waals surface area contributed by atoms with Crippen LogP contribution < -0.4 is 4.74 Å². The van der Waals surface area contributed by atoms with Gasteiger partial charge in [-0.25, -0.2) is 4.21 Å². The minimum atomic E-state index is -1.18. The molecule has 0 aliphatic heterocycles. The van der Waals surface area contributed by atoms with Crippen molar-refractivity contribution in [2.75, 3.05) is 13.4 Å². The lowest BCUT2D eigenvalue weighted by atomic mass is 10.2. The molecule has 0 heterocycles. The Morgan fingerprint density at radius 1 is 1.57 bits per heavy atom. The highest BCUT2D eigenvalue weighted by Gasteiger charge is 2.00. The molecule has 1 aromatic rings. The SMILES string of the molecule is COc1ccc(Br)cc1/C=N/S(C)=O. The number of nitrogens with zero attached hydrogens (tertiary/aromatic N) is 1. The molecule has 0 amide bonds. The summed E-state index contributed by atoms with van der Waals surface area (Å²) in [7, 11) is 0.402. The minimum absolute atomic E-state index is 0.711. The van der Waals surface area contributed by atoms with Gasteiger partial charge in [0.05, 0.1) is 7.11 Å². The summed E-state index contributed by atoms with van der Waals surface area (Å²) < 4.78 is 20.6. The predicted octanol–water partition coefficient (Wildman–Crippen LogP) is 2.17. The topological polar surface area (TPSA) is 38.7 Å². The van der Waals surface area contributed by atoms with E-state index in [2.05, 4.69) is 20.3 Å². The molecule has 0 radical (unpaired) electrons. The lowest BCUT2D eigenvalue weighted by molar-refractivity contribution is 0.414. The molecule has 0 aliphatic rings. The van der Waals surface area contributed by atoms with Gasteiger partial charge < -0.3 is 4.74 Å². The first-order chi connectivity index (χ1) is 6.63. The summed E-state index contributed by atoms with van der Waals surface area (Å²) in [5.41, 5.74) is 0.803. The maximum absolute atomic E-state index is 10.8. The third-order valence-corrected chi connectivity index (χ3v) is 2.43. The van der Waals surface area contributed by atoms with Crippen molar-refractivity contribution >= 4 is 33.1 Å². The molecule has 0 aromatic heterocycles. The molecule has 1 unspecified atom stereocenters. The molecule has 0 aliphatic carbocycles. The number of benzene rings is 1. The van der Waals surface area contributed by atoms with Crippen molar-refractivity contribution in [3.63, 3.8) is 0 Å². The van der Waals surface area contributed by atoms with E-state index in [0.29, 0.717) is 5.75 Å². The van der Waals surface area contributed by atoms with Crippen LogP contribution >= 0.6 is 15.9 Å². The van der Waals surface area contributed by atoms with Crippen LogP contribution in [0.15, 0.2) is 27.1 Å². The second-order valence-corrected chi connectivity index (χ2v) is 4.52. The summed E-state index contributed by atoms with van der Waals surface area (Å²) >= 11 is 3.34. The molecule has 0 spiro atoms. The molecule has 3 nitrogen and oxygen atoms in total. The average Bonchev–Trinajstić information content (AvgIpc) is 2.15. The summed E-state index contributed by atoms with van der Waals surface area (Å²) in [6.07, 6.45) is 3.06. The van der Waals surface area contributed by atoms with Crippen LogP contribution in [-0.2, 0) is 11.0 Å². The van der Waals surface area contributed by atoms with Gasteiger partial charge in [0.2, 0.25) is 0 Å². The van der Waals surface area contributed by atoms with Crippen molar-refractivity contribution in [1.82, 2.24) is 0 Å². The van der Waals surface area contributed by atoms with E-state index in [1.807, 2.05) is 18.2 Å². The number of halogens is 1. The zero-order valence-corrected chi connectivity index (χ0v) is 10.3. The zero-order chi connectivity index (χ0) is 10.6. The predicted molar refractivity (Wildman–Crippen MR) is 62.4 cm³/mol. The molecule has 0 saturated carbocycles. The Kier molecular flexibility index (Phi) is 4.28. The van der Waals surface area contributed by atoms with Crippen LogP contribution in [0.4, 0.5) is 0 Å². The smallest absolute Gasteiger partial charge is 0.136 e. The third kappa shape index (κ3) is 3.23. The second kappa shape index (κ2) is 5.26. The number of hydrogen-bond acceptors (Lipinski definition) is 2. The summed E-state index contributed by atoms with van der Waals surface area (Å²) in [5, 5.41) is 0. The van der Waals surface area contributed by atoms with Crippen molar-refractivity contribution in [3.8, 4) is 5.75 Å². The van der Waals surface area contributed by atoms with E-state index in [1.165, 1.54) is 6.26 Å². The quantitative estimate of drug-likeness (QED) is 0.794. The Morgan fingerprint density at radius 3 is 2.86 bits per heavy atom. The van der Waals surface area contributed by atoms with E-state index in [0.717, 1.165) is 10.0 Å². The van der Waals surface area contributed by atoms with Crippen LogP contribution in [0.3, 0.4) is 0 Å². The largest absolute Gasteiger partial charge is 0.496 e. The molecular formula is C9H10BrNO2S. The number of methoxy groups -OCH3 is 1. The molecule has 14 heavy (non-hydrogen) atoms. The Hall–Kier alpha value is -0.680. The molecule has 1 aromatic carbocycles. The fourth-order valence-electron chi connectivity index (χ4n) is 0.937. The van der Waals surface area contributed by atoms with Gasteiger partial charge in [-0.05, 0) is 18.2 Å². The Bertz CT molecular complexity index is 379. The van der Waals surface area contributed by atoms with E-state index >= 15 is 0 Å². The lowest BCUT2D eigenvalue weighted by Gasteiger charge is -2.03. The van der Waals surface area contributed by atoms with E-state index < -0.39 is 11.0 Å². The van der Waals surface area contributed by atoms with Gasteiger partial charge in [0.15, 0.2) is 0 Å². The molecule has 0 fully saturated rings. The van der Waals surface area contributed by atoms with Crippen LogP contribution in [0.2, 0.25) is 0 Å². The van der Waals surface area contributed by atoms with Gasteiger partial charge in [-0.2, -0.15) is 4.40 Å². The van der Waals surface area contributed by atoms with Gasteiger partial charge >= 0.3 is 0 Å². The van der Waals surface area contributed by atoms with Crippen LogP contribution in [0, 0.1) is 0 Å². The van der Waals surface area contributed by atoms with Crippen LogP contribution in [0.5, 0.6) is 5.75 Å². The fourth-order valence-corrected chi connectivity index (χ4v) is 1.58. The van der Waals surface area contributed by atoms with E-state index in [9.17, 15) is 4.21 Å². The van der Waals surface area contributed by atoms with Crippen LogP contribution in [0.1, 0.15) is 5.56 Å². The van der Waals surface area contributed by atoms with E-state index in [-0.39, 0.29) is 0 Å². The monoisotopic (exact) mass is 275 g/mol. The van der Waals surface area contributed by atoms with Crippen molar-refractivity contribution < 1.29 is 8.95 Å². The molecule has 1 rings (SSSR count). The van der Waals surface area contributed by atoms with Crippen LogP contribution in [0.25, 0.3) is 0 Å². The zero-order valence-electron chi connectivity index (χ0n) is 7.86. The highest BCUT2D eigenvalue weighted by atomic mass is 79.9. The maximum Gasteiger partial charge on any atom is 0.136 e. The van der Waals surface area contributed by atoms with Gasteiger partial charge in [-0.1, -0.05) is 15.9 Å². The average molecular weight is 276 g/mol. The highest BCUT2D eigenvalue weighted by Crippen LogP contribution is 2.21. The molecular weight excluding hydrogens is 266 g/mol. The van der Waals surface area contributed by atoms with E-state index in [1.54, 1.807) is 13.3 Å². The summed E-state index contributed by atoms with van der Waals surface area (Å²) in [5.74, 6) is 0.711. The second-order valence-electron chi connectivity index (χ2n) is 2.54. The van der Waals surface area contributed by atoms with Crippen molar-refractivity contribution in [2.24, 2.45) is 4.40 Å². The molecule has 0 N–H and O–H groups in total. The summed E-state index contributed by atoms with van der Waals surface area (Å²) in [4.78, 5) is 0. The number of rotatable bonds is 3. The molecule has 0 bridgehead atoms. The van der Waals surface area contributed by atoms with E-state index in [4.69, 9.17) is 4.74 Å². The molecule has 1 atom stereocenters. The minimum Gasteiger partial charge on any atom is -0.496 e. The third-order valence-electron chi connectivity index (χ3n) is 1.53.